The average molecular weight is 284 g/mol. The summed E-state index contributed by atoms with van der Waals surface area (Å²) in [4.78, 5) is 0. The van der Waals surface area contributed by atoms with E-state index >= 15 is 0 Å². The van der Waals surface area contributed by atoms with Gasteiger partial charge in [-0.1, -0.05) is 30.3 Å². The van der Waals surface area contributed by atoms with Crippen LogP contribution in [0.5, 0.6) is 5.75 Å². The maximum atomic E-state index is 5.94. The van der Waals surface area contributed by atoms with Crippen molar-refractivity contribution in [1.82, 2.24) is 0 Å². The minimum Gasteiger partial charge on any atom is -0.491 e. The van der Waals surface area contributed by atoms with Crippen molar-refractivity contribution in [3.05, 3.63) is 54.1 Å². The fourth-order valence-electron chi connectivity index (χ4n) is 2.35. The predicted octanol–water partition coefficient (Wildman–Crippen LogP) is 4.10. The van der Waals surface area contributed by atoms with E-state index in [0.717, 1.165) is 17.9 Å². The molecule has 0 fully saturated rings. The summed E-state index contributed by atoms with van der Waals surface area (Å²) in [5, 5.41) is 3.48. The Labute approximate surface area is 127 Å². The van der Waals surface area contributed by atoms with Crippen LogP contribution in [0.4, 0.5) is 11.4 Å². The van der Waals surface area contributed by atoms with Gasteiger partial charge in [-0.25, -0.2) is 0 Å². The lowest BCUT2D eigenvalue weighted by Crippen LogP contribution is -2.18. The van der Waals surface area contributed by atoms with E-state index in [1.54, 1.807) is 0 Å². The number of nitrogen functional groups attached to an aromatic ring is 1. The van der Waals surface area contributed by atoms with E-state index in [-0.39, 0.29) is 6.10 Å². The average Bonchev–Trinajstić information content (AvgIpc) is 2.37. The lowest BCUT2D eigenvalue weighted by Gasteiger charge is -2.18. The van der Waals surface area contributed by atoms with E-state index in [9.17, 15) is 0 Å². The van der Waals surface area contributed by atoms with Gasteiger partial charge in [0, 0.05) is 29.5 Å². The van der Waals surface area contributed by atoms with E-state index in [0.29, 0.717) is 11.7 Å². The molecule has 0 aliphatic heterocycles. The second kappa shape index (κ2) is 7.02. The van der Waals surface area contributed by atoms with Gasteiger partial charge < -0.3 is 15.8 Å². The molecule has 1 unspecified atom stereocenters. The molecule has 0 bridgehead atoms. The maximum absolute atomic E-state index is 5.94. The Morgan fingerprint density at radius 2 is 1.76 bits per heavy atom. The monoisotopic (exact) mass is 284 g/mol. The van der Waals surface area contributed by atoms with Gasteiger partial charge in [-0.2, -0.15) is 0 Å². The maximum Gasteiger partial charge on any atom is 0.123 e. The lowest BCUT2D eigenvalue weighted by atomic mass is 10.1. The Morgan fingerprint density at radius 1 is 1.05 bits per heavy atom. The molecule has 0 aliphatic carbocycles. The summed E-state index contributed by atoms with van der Waals surface area (Å²) in [6.07, 6.45) is 1.11. The Hall–Kier alpha value is -2.16. The third-order valence-corrected chi connectivity index (χ3v) is 3.10. The molecule has 0 saturated heterocycles. The van der Waals surface area contributed by atoms with Gasteiger partial charge >= 0.3 is 0 Å². The highest BCUT2D eigenvalue weighted by molar-refractivity contribution is 5.59. The van der Waals surface area contributed by atoms with Crippen LogP contribution < -0.4 is 15.8 Å². The first-order chi connectivity index (χ1) is 10.0. The minimum absolute atomic E-state index is 0.140. The van der Waals surface area contributed by atoms with Gasteiger partial charge in [0.1, 0.15) is 5.75 Å². The first-order valence-electron chi connectivity index (χ1n) is 7.40. The normalized spacial score (nSPS) is 12.2. The predicted molar refractivity (Wildman–Crippen MR) is 89.8 cm³/mol. The summed E-state index contributed by atoms with van der Waals surface area (Å²) in [6, 6.07) is 16.6. The molecule has 0 heterocycles. The fraction of sp³-hybridized carbons (Fsp3) is 0.333. The molecule has 2 aromatic rings. The molecular formula is C18H24N2O. The van der Waals surface area contributed by atoms with Gasteiger partial charge in [0.2, 0.25) is 0 Å². The number of nitrogens with one attached hydrogen (secondary N) is 1. The first kappa shape index (κ1) is 15.2. The molecule has 3 nitrogen and oxygen atoms in total. The number of nitrogens with two attached hydrogens (primary N) is 1. The quantitative estimate of drug-likeness (QED) is 0.785. The summed E-state index contributed by atoms with van der Waals surface area (Å²) >= 11 is 0. The molecule has 3 heteroatoms. The van der Waals surface area contributed by atoms with Crippen LogP contribution in [-0.4, -0.2) is 12.1 Å². The molecule has 21 heavy (non-hydrogen) atoms. The molecule has 0 saturated carbocycles. The van der Waals surface area contributed by atoms with Crippen LogP contribution in [0.2, 0.25) is 0 Å². The summed E-state index contributed by atoms with van der Waals surface area (Å²) in [7, 11) is 0. The number of hydrogen-bond acceptors (Lipinski definition) is 3. The van der Waals surface area contributed by atoms with Crippen LogP contribution in [0.15, 0.2) is 48.5 Å². The number of rotatable bonds is 6. The van der Waals surface area contributed by atoms with Crippen molar-refractivity contribution >= 4 is 11.4 Å². The molecule has 0 radical (unpaired) electrons. The molecule has 0 amide bonds. The smallest absolute Gasteiger partial charge is 0.123 e. The van der Waals surface area contributed by atoms with E-state index < -0.39 is 0 Å². The molecule has 112 valence electrons. The van der Waals surface area contributed by atoms with Crippen molar-refractivity contribution in [2.45, 2.75) is 39.3 Å². The molecule has 3 N–H and O–H groups in total. The van der Waals surface area contributed by atoms with Crippen LogP contribution in [-0.2, 0) is 6.42 Å². The number of hydrogen-bond donors (Lipinski definition) is 2. The second-order valence-electron chi connectivity index (χ2n) is 5.69. The Balaban J connectivity index is 2.03. The highest BCUT2D eigenvalue weighted by atomic mass is 16.5. The summed E-state index contributed by atoms with van der Waals surface area (Å²) in [6.45, 7) is 6.18. The van der Waals surface area contributed by atoms with Crippen LogP contribution >= 0.6 is 0 Å². The molecule has 0 aromatic heterocycles. The van der Waals surface area contributed by atoms with Crippen molar-refractivity contribution in [3.8, 4) is 5.75 Å². The van der Waals surface area contributed by atoms with Gasteiger partial charge in [-0.15, -0.1) is 0 Å². The zero-order valence-corrected chi connectivity index (χ0v) is 13.0. The fourth-order valence-corrected chi connectivity index (χ4v) is 2.35. The van der Waals surface area contributed by atoms with Crippen LogP contribution in [0.1, 0.15) is 26.3 Å². The van der Waals surface area contributed by atoms with Crippen molar-refractivity contribution < 1.29 is 4.74 Å². The number of ether oxygens (including phenoxy) is 1. The van der Waals surface area contributed by atoms with Crippen molar-refractivity contribution in [2.75, 3.05) is 11.1 Å². The standard InChI is InChI=1S/C18H24N2O/c1-13(2)21-18-11-16(19)10-17(12-18)20-14(3)9-15-7-5-4-6-8-15/h4-8,10-14,20H,9,19H2,1-3H3. The number of benzene rings is 2. The van der Waals surface area contributed by atoms with Gasteiger partial charge in [0.15, 0.2) is 0 Å². The Bertz CT molecular complexity index is 567. The zero-order valence-electron chi connectivity index (χ0n) is 13.0. The Kier molecular flexibility index (Phi) is 5.09. The van der Waals surface area contributed by atoms with Crippen molar-refractivity contribution in [1.29, 1.82) is 0 Å². The third kappa shape index (κ3) is 5.03. The SMILES string of the molecule is CC(Cc1ccccc1)Nc1cc(N)cc(OC(C)C)c1. The molecule has 0 spiro atoms. The second-order valence-corrected chi connectivity index (χ2v) is 5.69. The molecule has 1 atom stereocenters. The lowest BCUT2D eigenvalue weighted by molar-refractivity contribution is 0.242. The molecular weight excluding hydrogens is 260 g/mol. The first-order valence-corrected chi connectivity index (χ1v) is 7.40. The van der Waals surface area contributed by atoms with Crippen molar-refractivity contribution in [2.24, 2.45) is 0 Å². The van der Waals surface area contributed by atoms with Gasteiger partial charge in [-0.3, -0.25) is 0 Å². The van der Waals surface area contributed by atoms with E-state index in [1.165, 1.54) is 5.56 Å². The van der Waals surface area contributed by atoms with E-state index in [1.807, 2.05) is 38.1 Å². The topological polar surface area (TPSA) is 47.3 Å². The van der Waals surface area contributed by atoms with E-state index in [4.69, 9.17) is 10.5 Å². The third-order valence-electron chi connectivity index (χ3n) is 3.10. The van der Waals surface area contributed by atoms with Crippen LogP contribution in [0.3, 0.4) is 0 Å². The van der Waals surface area contributed by atoms with E-state index in [2.05, 4.69) is 36.5 Å². The molecule has 2 rings (SSSR count). The van der Waals surface area contributed by atoms with Gasteiger partial charge in [0.25, 0.3) is 0 Å². The molecule has 2 aromatic carbocycles. The Morgan fingerprint density at radius 3 is 2.43 bits per heavy atom. The number of anilines is 2. The van der Waals surface area contributed by atoms with Crippen molar-refractivity contribution in [3.63, 3.8) is 0 Å². The van der Waals surface area contributed by atoms with Crippen LogP contribution in [0, 0.1) is 0 Å². The zero-order chi connectivity index (χ0) is 15.2. The highest BCUT2D eigenvalue weighted by Gasteiger charge is 2.06. The molecule has 0 aliphatic rings. The summed E-state index contributed by atoms with van der Waals surface area (Å²) in [5.41, 5.74) is 8.97. The minimum atomic E-state index is 0.140. The highest BCUT2D eigenvalue weighted by Crippen LogP contribution is 2.24. The largest absolute Gasteiger partial charge is 0.491 e. The van der Waals surface area contributed by atoms with Gasteiger partial charge in [0.05, 0.1) is 6.10 Å². The summed E-state index contributed by atoms with van der Waals surface area (Å²) in [5.74, 6) is 0.805. The van der Waals surface area contributed by atoms with Crippen LogP contribution in [0.25, 0.3) is 0 Å². The summed E-state index contributed by atoms with van der Waals surface area (Å²) < 4.78 is 5.72. The van der Waals surface area contributed by atoms with Gasteiger partial charge in [-0.05, 0) is 38.8 Å².